The van der Waals surface area contributed by atoms with Crippen molar-refractivity contribution in [2.45, 2.75) is 89.3 Å². The van der Waals surface area contributed by atoms with E-state index in [1.165, 1.54) is 25.7 Å². The van der Waals surface area contributed by atoms with Gasteiger partial charge in [-0.3, -0.25) is 0 Å². The predicted molar refractivity (Wildman–Crippen MR) is 149 cm³/mol. The van der Waals surface area contributed by atoms with Crippen molar-refractivity contribution in [1.29, 1.82) is 0 Å². The zero-order valence-electron chi connectivity index (χ0n) is 24.9. The van der Waals surface area contributed by atoms with Gasteiger partial charge in [0.2, 0.25) is 0 Å². The Morgan fingerprint density at radius 1 is 0.389 bits per heavy atom. The fraction of sp³-hybridized carbons (Fsp3) is 1.00. The summed E-state index contributed by atoms with van der Waals surface area (Å²) in [5.41, 5.74) is 0.162. The number of unbranched alkanes of at least 4 members (excludes halogenated alkanes) is 2. The minimum Gasteiger partial charge on any atom is -0.377 e. The summed E-state index contributed by atoms with van der Waals surface area (Å²) in [5, 5.41) is 0. The number of hydrogen-bond acceptors (Lipinski definition) is 9. The molecule has 0 unspecified atom stereocenters. The maximum atomic E-state index is 5.69. The van der Waals surface area contributed by atoms with Gasteiger partial charge in [0.15, 0.2) is 0 Å². The average molecular weight is 573 g/mol. The Kier molecular flexibility index (Phi) is 19.5. The van der Waals surface area contributed by atoms with Crippen molar-refractivity contribution in [2.24, 2.45) is 5.41 Å². The van der Waals surface area contributed by atoms with E-state index in [0.717, 1.165) is 56.7 Å². The summed E-state index contributed by atoms with van der Waals surface area (Å²) in [4.78, 5) is 0. The van der Waals surface area contributed by atoms with Crippen molar-refractivity contribution < 1.29 is 39.8 Å². The van der Waals surface area contributed by atoms with Crippen LogP contribution in [-0.2, 0) is 39.8 Å². The molecule has 0 aromatic rings. The van der Waals surface area contributed by atoms with E-state index in [2.05, 4.69) is 6.92 Å². The third kappa shape index (κ3) is 11.6. The Labute approximate surface area is 224 Å². The van der Waals surface area contributed by atoms with E-state index in [1.807, 2.05) is 0 Å². The molecule has 0 atom stereocenters. The highest BCUT2D eigenvalue weighted by molar-refractivity contribution is 6.61. The maximum Gasteiger partial charge on any atom is 0.500 e. The molecule has 0 aliphatic heterocycles. The first-order valence-corrected chi connectivity index (χ1v) is 19.0. The van der Waals surface area contributed by atoms with Gasteiger partial charge in [-0.1, -0.05) is 26.2 Å². The molecular weight excluding hydrogens is 517 g/mol. The van der Waals surface area contributed by atoms with Crippen LogP contribution in [0.15, 0.2) is 0 Å². The van der Waals surface area contributed by atoms with Gasteiger partial charge in [0.25, 0.3) is 0 Å². The summed E-state index contributed by atoms with van der Waals surface area (Å²) in [5.74, 6) is 0. The Morgan fingerprint density at radius 3 is 0.861 bits per heavy atom. The fourth-order valence-electron chi connectivity index (χ4n) is 5.21. The molecule has 36 heavy (non-hydrogen) atoms. The Morgan fingerprint density at radius 2 is 0.639 bits per heavy atom. The highest BCUT2D eigenvalue weighted by Crippen LogP contribution is 2.43. The van der Waals surface area contributed by atoms with Crippen molar-refractivity contribution in [2.75, 3.05) is 64.0 Å². The molecule has 0 radical (unpaired) electrons. The monoisotopic (exact) mass is 572 g/mol. The van der Waals surface area contributed by atoms with Crippen molar-refractivity contribution in [3.05, 3.63) is 0 Å². The van der Waals surface area contributed by atoms with Gasteiger partial charge in [0.05, 0.1) is 0 Å². The van der Waals surface area contributed by atoms with Crippen molar-refractivity contribution in [3.8, 4) is 0 Å². The van der Waals surface area contributed by atoms with Gasteiger partial charge in [-0.2, -0.15) is 0 Å². The predicted octanol–water partition coefficient (Wildman–Crippen LogP) is 5.53. The van der Waals surface area contributed by atoms with Gasteiger partial charge in [0, 0.05) is 82.1 Å². The fourth-order valence-corrected chi connectivity index (χ4v) is 10.4. The largest absolute Gasteiger partial charge is 0.500 e. The van der Waals surface area contributed by atoms with Gasteiger partial charge < -0.3 is 39.8 Å². The minimum absolute atomic E-state index is 0.162. The van der Waals surface area contributed by atoms with Crippen LogP contribution in [0.3, 0.4) is 0 Å². The molecule has 0 spiro atoms. The van der Waals surface area contributed by atoms with Crippen LogP contribution < -0.4 is 0 Å². The van der Waals surface area contributed by atoms with Crippen LogP contribution in [0, 0.1) is 5.41 Å². The van der Waals surface area contributed by atoms with Crippen molar-refractivity contribution in [1.82, 2.24) is 0 Å². The second-order valence-electron chi connectivity index (χ2n) is 9.40. The van der Waals surface area contributed by atoms with Crippen LogP contribution in [0.1, 0.15) is 71.1 Å². The van der Waals surface area contributed by atoms with Gasteiger partial charge in [-0.25, -0.2) is 0 Å². The van der Waals surface area contributed by atoms with Gasteiger partial charge in [-0.05, 0) is 50.4 Å². The van der Waals surface area contributed by atoms with Crippen LogP contribution in [-0.4, -0.2) is 90.4 Å². The lowest BCUT2D eigenvalue weighted by Gasteiger charge is -2.37. The van der Waals surface area contributed by atoms with Gasteiger partial charge >= 0.3 is 26.4 Å². The lowest BCUT2D eigenvalue weighted by molar-refractivity contribution is 0.111. The summed E-state index contributed by atoms with van der Waals surface area (Å²) in [6.45, 7) is 2.25. The van der Waals surface area contributed by atoms with Crippen molar-refractivity contribution >= 4 is 26.4 Å². The average Bonchev–Trinajstić information content (AvgIpc) is 2.92. The van der Waals surface area contributed by atoms with Crippen LogP contribution in [0.25, 0.3) is 0 Å². The maximum absolute atomic E-state index is 5.69. The first-order valence-electron chi connectivity index (χ1n) is 13.2. The Balaban J connectivity index is 5.74. The third-order valence-electron chi connectivity index (χ3n) is 7.68. The van der Waals surface area contributed by atoms with E-state index in [1.54, 1.807) is 64.0 Å². The quantitative estimate of drug-likeness (QED) is 0.104. The second-order valence-corrected chi connectivity index (χ2v) is 18.7. The summed E-state index contributed by atoms with van der Waals surface area (Å²) in [6.07, 6.45) is 11.0. The lowest BCUT2D eigenvalue weighted by atomic mass is 9.72. The van der Waals surface area contributed by atoms with Gasteiger partial charge in [0.1, 0.15) is 0 Å². The van der Waals surface area contributed by atoms with Crippen LogP contribution in [0.5, 0.6) is 0 Å². The molecule has 0 saturated carbocycles. The molecule has 0 N–H and O–H groups in total. The minimum atomic E-state index is -2.62. The molecule has 0 aromatic heterocycles. The topological polar surface area (TPSA) is 83.1 Å². The number of hydrogen-bond donors (Lipinski definition) is 0. The molecular formula is C24H56O9Si3. The third-order valence-corrected chi connectivity index (χ3v) is 16.2. The van der Waals surface area contributed by atoms with E-state index in [-0.39, 0.29) is 5.41 Å². The van der Waals surface area contributed by atoms with E-state index in [9.17, 15) is 0 Å². The van der Waals surface area contributed by atoms with Crippen LogP contribution in [0.4, 0.5) is 0 Å². The molecule has 0 saturated heterocycles. The summed E-state index contributed by atoms with van der Waals surface area (Å²) in [6, 6.07) is 2.39. The molecule has 0 aliphatic carbocycles. The molecule has 0 bridgehead atoms. The lowest BCUT2D eigenvalue weighted by Crippen LogP contribution is -2.43. The van der Waals surface area contributed by atoms with Crippen LogP contribution >= 0.6 is 0 Å². The molecule has 9 nitrogen and oxygen atoms in total. The molecule has 12 heteroatoms. The number of rotatable bonds is 25. The molecule has 0 aromatic carbocycles. The zero-order valence-corrected chi connectivity index (χ0v) is 27.9. The van der Waals surface area contributed by atoms with E-state index < -0.39 is 26.4 Å². The van der Waals surface area contributed by atoms with E-state index in [0.29, 0.717) is 0 Å². The molecule has 0 aliphatic rings. The smallest absolute Gasteiger partial charge is 0.377 e. The van der Waals surface area contributed by atoms with E-state index in [4.69, 9.17) is 39.8 Å². The summed E-state index contributed by atoms with van der Waals surface area (Å²) >= 11 is 0. The molecule has 0 rings (SSSR count). The SMILES string of the molecule is CCCCCC(CCC[Si](OC)(OC)OC)(CCC[Si](OC)(OC)OC)CCC[Si](OC)(OC)OC. The zero-order chi connectivity index (χ0) is 27.6. The standard InChI is InChI=1S/C24H56O9Si3/c1-11-12-13-17-24(18-14-21-34(25-2,26-3)27-4,19-15-22-35(28-5,29-6)30-7)20-16-23-36(31-8,32-9)33-10/h11-23H2,1-10H3. The van der Waals surface area contributed by atoms with Crippen LogP contribution in [0.2, 0.25) is 18.1 Å². The normalized spacial score (nSPS) is 13.5. The molecule has 218 valence electrons. The Bertz CT molecular complexity index is 442. The Hall–Kier alpha value is 0.291. The highest BCUT2D eigenvalue weighted by Gasteiger charge is 2.42. The summed E-state index contributed by atoms with van der Waals surface area (Å²) in [7, 11) is 7.29. The highest BCUT2D eigenvalue weighted by atomic mass is 28.4. The molecule has 0 heterocycles. The second kappa shape index (κ2) is 19.4. The van der Waals surface area contributed by atoms with E-state index >= 15 is 0 Å². The first kappa shape index (κ1) is 36.3. The van der Waals surface area contributed by atoms with Crippen molar-refractivity contribution in [3.63, 3.8) is 0 Å². The van der Waals surface area contributed by atoms with Gasteiger partial charge in [-0.15, -0.1) is 0 Å². The molecule has 0 fully saturated rings. The summed E-state index contributed by atoms with van der Waals surface area (Å²) < 4.78 is 51.3. The molecule has 0 amide bonds. The first-order chi connectivity index (χ1) is 17.2.